The number of hydrogen-bond donors (Lipinski definition) is 1. The fourth-order valence-electron chi connectivity index (χ4n) is 2.50. The van der Waals surface area contributed by atoms with Gasteiger partial charge in [-0.25, -0.2) is 9.67 Å². The summed E-state index contributed by atoms with van der Waals surface area (Å²) < 4.78 is 1.60. The SMILES string of the molecule is Cc1cc(C)cc(NC(=O)c2ncn(-c3cccc(C)c3)n2)c1. The first-order chi connectivity index (χ1) is 11.0. The Kier molecular flexibility index (Phi) is 3.93. The molecule has 3 rings (SSSR count). The lowest BCUT2D eigenvalue weighted by Crippen LogP contribution is -2.14. The molecule has 5 nitrogen and oxygen atoms in total. The molecule has 5 heteroatoms. The molecule has 0 unspecified atom stereocenters. The Labute approximate surface area is 135 Å². The molecule has 0 bridgehead atoms. The van der Waals surface area contributed by atoms with Gasteiger partial charge in [-0.2, -0.15) is 0 Å². The topological polar surface area (TPSA) is 59.8 Å². The summed E-state index contributed by atoms with van der Waals surface area (Å²) in [5, 5.41) is 7.09. The van der Waals surface area contributed by atoms with Gasteiger partial charge in [-0.3, -0.25) is 4.79 Å². The quantitative estimate of drug-likeness (QED) is 0.806. The average molecular weight is 306 g/mol. The van der Waals surface area contributed by atoms with Crippen LogP contribution in [0.4, 0.5) is 5.69 Å². The number of benzene rings is 2. The van der Waals surface area contributed by atoms with Gasteiger partial charge in [0.1, 0.15) is 6.33 Å². The van der Waals surface area contributed by atoms with Gasteiger partial charge in [0.05, 0.1) is 5.69 Å². The minimum Gasteiger partial charge on any atom is -0.319 e. The lowest BCUT2D eigenvalue weighted by molar-refractivity contribution is 0.101. The number of amides is 1. The summed E-state index contributed by atoms with van der Waals surface area (Å²) in [5.41, 5.74) is 4.94. The summed E-state index contributed by atoms with van der Waals surface area (Å²) >= 11 is 0. The molecule has 0 aliphatic rings. The summed E-state index contributed by atoms with van der Waals surface area (Å²) in [5.74, 6) is -0.174. The average Bonchev–Trinajstić information content (AvgIpc) is 2.96. The molecule has 0 aliphatic carbocycles. The van der Waals surface area contributed by atoms with Crippen molar-refractivity contribution < 1.29 is 4.79 Å². The van der Waals surface area contributed by atoms with Gasteiger partial charge in [0, 0.05) is 5.69 Å². The highest BCUT2D eigenvalue weighted by Gasteiger charge is 2.12. The molecule has 1 amide bonds. The van der Waals surface area contributed by atoms with Gasteiger partial charge in [0.2, 0.25) is 5.82 Å². The summed E-state index contributed by atoms with van der Waals surface area (Å²) in [6.07, 6.45) is 1.55. The molecule has 3 aromatic rings. The van der Waals surface area contributed by atoms with Gasteiger partial charge in [-0.05, 0) is 61.7 Å². The van der Waals surface area contributed by atoms with E-state index in [9.17, 15) is 4.79 Å². The van der Waals surface area contributed by atoms with Crippen molar-refractivity contribution in [3.05, 3.63) is 71.3 Å². The summed E-state index contributed by atoms with van der Waals surface area (Å²) in [7, 11) is 0. The van der Waals surface area contributed by atoms with E-state index in [1.54, 1.807) is 11.0 Å². The maximum atomic E-state index is 12.3. The zero-order valence-electron chi connectivity index (χ0n) is 13.4. The molecule has 0 radical (unpaired) electrons. The highest BCUT2D eigenvalue weighted by atomic mass is 16.2. The van der Waals surface area contributed by atoms with Gasteiger partial charge in [-0.1, -0.05) is 18.2 Å². The molecule has 0 fully saturated rings. The maximum Gasteiger partial charge on any atom is 0.295 e. The first-order valence-corrected chi connectivity index (χ1v) is 7.39. The van der Waals surface area contributed by atoms with Crippen LogP contribution in [0.3, 0.4) is 0 Å². The number of carbonyl (C=O) groups excluding carboxylic acids is 1. The minimum absolute atomic E-state index is 0.144. The molecule has 23 heavy (non-hydrogen) atoms. The van der Waals surface area contributed by atoms with Crippen molar-refractivity contribution in [2.45, 2.75) is 20.8 Å². The molecule has 2 aromatic carbocycles. The van der Waals surface area contributed by atoms with Crippen LogP contribution in [-0.2, 0) is 0 Å². The van der Waals surface area contributed by atoms with Crippen LogP contribution < -0.4 is 5.32 Å². The number of carbonyl (C=O) groups is 1. The molecule has 116 valence electrons. The molecule has 1 aromatic heterocycles. The second-order valence-electron chi connectivity index (χ2n) is 5.68. The number of hydrogen-bond acceptors (Lipinski definition) is 3. The van der Waals surface area contributed by atoms with Gasteiger partial charge in [0.15, 0.2) is 0 Å². The van der Waals surface area contributed by atoms with E-state index in [2.05, 4.69) is 21.5 Å². The van der Waals surface area contributed by atoms with Crippen molar-refractivity contribution in [1.82, 2.24) is 14.8 Å². The third kappa shape index (κ3) is 3.45. The number of aryl methyl sites for hydroxylation is 3. The molecule has 0 spiro atoms. The Morgan fingerprint density at radius 1 is 1.00 bits per heavy atom. The highest BCUT2D eigenvalue weighted by molar-refractivity contribution is 6.01. The van der Waals surface area contributed by atoms with Crippen molar-refractivity contribution in [3.63, 3.8) is 0 Å². The summed E-state index contributed by atoms with van der Waals surface area (Å²) in [6, 6.07) is 13.8. The molecule has 0 atom stereocenters. The molecular weight excluding hydrogens is 288 g/mol. The minimum atomic E-state index is -0.318. The molecule has 1 N–H and O–H groups in total. The van der Waals surface area contributed by atoms with Crippen LogP contribution in [0.1, 0.15) is 27.3 Å². The van der Waals surface area contributed by atoms with Crippen molar-refractivity contribution in [2.24, 2.45) is 0 Å². The van der Waals surface area contributed by atoms with Crippen LogP contribution in [0.15, 0.2) is 48.8 Å². The summed E-state index contributed by atoms with van der Waals surface area (Å²) in [4.78, 5) is 16.4. The highest BCUT2D eigenvalue weighted by Crippen LogP contribution is 2.15. The monoisotopic (exact) mass is 306 g/mol. The third-order valence-electron chi connectivity index (χ3n) is 3.44. The lowest BCUT2D eigenvalue weighted by Gasteiger charge is -2.05. The van der Waals surface area contributed by atoms with Gasteiger partial charge < -0.3 is 5.32 Å². The first kappa shape index (κ1) is 15.0. The molecule has 0 saturated carbocycles. The standard InChI is InChI=1S/C18H18N4O/c1-12-5-4-6-16(10-12)22-11-19-17(21-22)18(23)20-15-8-13(2)7-14(3)9-15/h4-11H,1-3H3,(H,20,23). The van der Waals surface area contributed by atoms with Crippen LogP contribution in [0.25, 0.3) is 5.69 Å². The number of rotatable bonds is 3. The fraction of sp³-hybridized carbons (Fsp3) is 0.167. The predicted octanol–water partition coefficient (Wildman–Crippen LogP) is 3.44. The summed E-state index contributed by atoms with van der Waals surface area (Å²) in [6.45, 7) is 5.99. The smallest absolute Gasteiger partial charge is 0.295 e. The Balaban J connectivity index is 1.81. The van der Waals surface area contributed by atoms with Crippen LogP contribution in [0.5, 0.6) is 0 Å². The Bertz CT molecular complexity index is 847. The van der Waals surface area contributed by atoms with E-state index in [-0.39, 0.29) is 11.7 Å². The Hall–Kier alpha value is -2.95. The molecule has 1 heterocycles. The van der Waals surface area contributed by atoms with Gasteiger partial charge in [0.25, 0.3) is 5.91 Å². The number of nitrogens with zero attached hydrogens (tertiary/aromatic N) is 3. The van der Waals surface area contributed by atoms with Crippen molar-refractivity contribution in [1.29, 1.82) is 0 Å². The number of aromatic nitrogens is 3. The number of nitrogens with one attached hydrogen (secondary N) is 1. The Morgan fingerprint density at radius 3 is 2.43 bits per heavy atom. The van der Waals surface area contributed by atoms with Crippen LogP contribution in [0, 0.1) is 20.8 Å². The number of anilines is 1. The predicted molar refractivity (Wildman–Crippen MR) is 90.0 cm³/mol. The molecular formula is C18H18N4O. The van der Waals surface area contributed by atoms with Crippen molar-refractivity contribution in [3.8, 4) is 5.69 Å². The van der Waals surface area contributed by atoms with E-state index in [0.717, 1.165) is 28.1 Å². The van der Waals surface area contributed by atoms with Gasteiger partial charge >= 0.3 is 0 Å². The van der Waals surface area contributed by atoms with Crippen LogP contribution in [-0.4, -0.2) is 20.7 Å². The van der Waals surface area contributed by atoms with Crippen molar-refractivity contribution in [2.75, 3.05) is 5.32 Å². The largest absolute Gasteiger partial charge is 0.319 e. The fourth-order valence-corrected chi connectivity index (χ4v) is 2.50. The van der Waals surface area contributed by atoms with E-state index >= 15 is 0 Å². The molecule has 0 aliphatic heterocycles. The molecule has 0 saturated heterocycles. The van der Waals surface area contributed by atoms with E-state index in [1.165, 1.54) is 0 Å². The normalized spacial score (nSPS) is 10.6. The van der Waals surface area contributed by atoms with E-state index in [1.807, 2.05) is 57.2 Å². The second kappa shape index (κ2) is 6.04. The van der Waals surface area contributed by atoms with Gasteiger partial charge in [-0.15, -0.1) is 5.10 Å². The van der Waals surface area contributed by atoms with E-state index in [0.29, 0.717) is 0 Å². The zero-order chi connectivity index (χ0) is 16.4. The van der Waals surface area contributed by atoms with Crippen LogP contribution in [0.2, 0.25) is 0 Å². The zero-order valence-corrected chi connectivity index (χ0v) is 13.4. The maximum absolute atomic E-state index is 12.3. The van der Waals surface area contributed by atoms with Crippen molar-refractivity contribution >= 4 is 11.6 Å². The third-order valence-corrected chi connectivity index (χ3v) is 3.44. The lowest BCUT2D eigenvalue weighted by atomic mass is 10.1. The van der Waals surface area contributed by atoms with E-state index in [4.69, 9.17) is 0 Å². The second-order valence-corrected chi connectivity index (χ2v) is 5.68. The van der Waals surface area contributed by atoms with E-state index < -0.39 is 0 Å². The van der Waals surface area contributed by atoms with Crippen LogP contribution >= 0.6 is 0 Å². The Morgan fingerprint density at radius 2 is 1.74 bits per heavy atom. The first-order valence-electron chi connectivity index (χ1n) is 7.39.